The molecule has 2 aromatic rings. The predicted octanol–water partition coefficient (Wildman–Crippen LogP) is 1.85. The number of hydrogen-bond donors (Lipinski definition) is 1. The molecule has 1 fully saturated rings. The van der Waals surface area contributed by atoms with Crippen LogP contribution < -0.4 is 11.3 Å². The molecule has 0 spiro atoms. The summed E-state index contributed by atoms with van der Waals surface area (Å²) in [4.78, 5) is 19.3. The highest BCUT2D eigenvalue weighted by Crippen LogP contribution is 2.18. The standard InChI is InChI=1S/C16H22N4O/c1-19-8-3-2-4-13(19)7-9-20-11-18-15-6-5-12(17)10-14(15)16(20)21/h5-6,10-11,13H,2-4,7-9,17H2,1H3. The van der Waals surface area contributed by atoms with E-state index in [0.29, 0.717) is 29.2 Å². The van der Waals surface area contributed by atoms with Crippen LogP contribution in [0, 0.1) is 0 Å². The molecule has 21 heavy (non-hydrogen) atoms. The zero-order valence-corrected chi connectivity index (χ0v) is 12.5. The monoisotopic (exact) mass is 286 g/mol. The lowest BCUT2D eigenvalue weighted by Gasteiger charge is -2.32. The summed E-state index contributed by atoms with van der Waals surface area (Å²) in [6, 6.07) is 5.86. The van der Waals surface area contributed by atoms with Crippen LogP contribution in [0.4, 0.5) is 5.69 Å². The van der Waals surface area contributed by atoms with Gasteiger partial charge in [0.25, 0.3) is 5.56 Å². The van der Waals surface area contributed by atoms with Crippen molar-refractivity contribution in [3.8, 4) is 0 Å². The van der Waals surface area contributed by atoms with Crippen molar-refractivity contribution in [2.24, 2.45) is 0 Å². The first-order valence-corrected chi connectivity index (χ1v) is 7.60. The molecule has 1 aromatic carbocycles. The third kappa shape index (κ3) is 2.93. The molecule has 0 aliphatic carbocycles. The summed E-state index contributed by atoms with van der Waals surface area (Å²) in [6.45, 7) is 1.87. The summed E-state index contributed by atoms with van der Waals surface area (Å²) < 4.78 is 1.71. The number of likely N-dealkylation sites (tertiary alicyclic amines) is 1. The first kappa shape index (κ1) is 14.1. The maximum absolute atomic E-state index is 12.5. The lowest BCUT2D eigenvalue weighted by atomic mass is 10.0. The molecule has 5 nitrogen and oxygen atoms in total. The van der Waals surface area contributed by atoms with Gasteiger partial charge in [-0.15, -0.1) is 0 Å². The Kier molecular flexibility index (Phi) is 3.92. The van der Waals surface area contributed by atoms with Gasteiger partial charge in [0.2, 0.25) is 0 Å². The van der Waals surface area contributed by atoms with Crippen LogP contribution in [0.1, 0.15) is 25.7 Å². The van der Waals surface area contributed by atoms with Gasteiger partial charge in [0.15, 0.2) is 0 Å². The molecular weight excluding hydrogens is 264 g/mol. The van der Waals surface area contributed by atoms with Crippen LogP contribution in [-0.2, 0) is 6.54 Å². The summed E-state index contributed by atoms with van der Waals surface area (Å²) >= 11 is 0. The van der Waals surface area contributed by atoms with Crippen LogP contribution in [0.2, 0.25) is 0 Å². The molecule has 1 unspecified atom stereocenters. The first-order chi connectivity index (χ1) is 10.1. The smallest absolute Gasteiger partial charge is 0.261 e. The summed E-state index contributed by atoms with van der Waals surface area (Å²) in [6.07, 6.45) is 6.44. The van der Waals surface area contributed by atoms with Crippen LogP contribution in [0.3, 0.4) is 0 Å². The second-order valence-electron chi connectivity index (χ2n) is 5.94. The highest BCUT2D eigenvalue weighted by atomic mass is 16.1. The molecule has 0 amide bonds. The number of piperidine rings is 1. The Bertz CT molecular complexity index is 694. The Balaban J connectivity index is 1.81. The van der Waals surface area contributed by atoms with Gasteiger partial charge in [0.05, 0.1) is 17.2 Å². The molecule has 1 aromatic heterocycles. The zero-order chi connectivity index (χ0) is 14.8. The molecule has 112 valence electrons. The largest absolute Gasteiger partial charge is 0.399 e. The van der Waals surface area contributed by atoms with E-state index in [1.165, 1.54) is 19.3 Å². The molecular formula is C16H22N4O. The van der Waals surface area contributed by atoms with Gasteiger partial charge in [-0.1, -0.05) is 6.42 Å². The van der Waals surface area contributed by atoms with Crippen LogP contribution in [-0.4, -0.2) is 34.1 Å². The van der Waals surface area contributed by atoms with Gasteiger partial charge in [-0.3, -0.25) is 9.36 Å². The summed E-state index contributed by atoms with van der Waals surface area (Å²) in [7, 11) is 2.17. The Morgan fingerprint density at radius 2 is 2.24 bits per heavy atom. The van der Waals surface area contributed by atoms with Crippen molar-refractivity contribution in [3.63, 3.8) is 0 Å². The minimum Gasteiger partial charge on any atom is -0.399 e. The van der Waals surface area contributed by atoms with E-state index in [0.717, 1.165) is 13.0 Å². The van der Waals surface area contributed by atoms with E-state index in [2.05, 4.69) is 16.9 Å². The fourth-order valence-corrected chi connectivity index (χ4v) is 3.13. The van der Waals surface area contributed by atoms with Gasteiger partial charge in [0, 0.05) is 18.3 Å². The summed E-state index contributed by atoms with van der Waals surface area (Å²) in [5, 5.41) is 0.606. The van der Waals surface area contributed by atoms with E-state index in [-0.39, 0.29) is 5.56 Å². The van der Waals surface area contributed by atoms with E-state index in [1.54, 1.807) is 29.1 Å². The van der Waals surface area contributed by atoms with Gasteiger partial charge < -0.3 is 10.6 Å². The highest BCUT2D eigenvalue weighted by Gasteiger charge is 2.18. The Hall–Kier alpha value is -1.88. The van der Waals surface area contributed by atoms with Crippen molar-refractivity contribution in [1.82, 2.24) is 14.5 Å². The number of nitrogens with zero attached hydrogens (tertiary/aromatic N) is 3. The SMILES string of the molecule is CN1CCCCC1CCn1cnc2ccc(N)cc2c1=O. The molecule has 3 rings (SSSR count). The maximum atomic E-state index is 12.5. The molecule has 5 heteroatoms. The number of hydrogen-bond acceptors (Lipinski definition) is 4. The maximum Gasteiger partial charge on any atom is 0.261 e. The molecule has 1 aliphatic heterocycles. The highest BCUT2D eigenvalue weighted by molar-refractivity contribution is 5.80. The fraction of sp³-hybridized carbons (Fsp3) is 0.500. The Labute approximate surface area is 124 Å². The average Bonchev–Trinajstić information content (AvgIpc) is 2.49. The van der Waals surface area contributed by atoms with Gasteiger partial charge in [-0.2, -0.15) is 0 Å². The molecule has 1 aliphatic rings. The third-order valence-electron chi connectivity index (χ3n) is 4.47. The number of anilines is 1. The van der Waals surface area contributed by atoms with E-state index < -0.39 is 0 Å². The topological polar surface area (TPSA) is 64.2 Å². The molecule has 0 bridgehead atoms. The molecule has 0 saturated carbocycles. The molecule has 2 heterocycles. The van der Waals surface area contributed by atoms with Crippen molar-refractivity contribution >= 4 is 16.6 Å². The Morgan fingerprint density at radius 1 is 1.38 bits per heavy atom. The van der Waals surface area contributed by atoms with Gasteiger partial charge in [-0.25, -0.2) is 4.98 Å². The van der Waals surface area contributed by atoms with Crippen molar-refractivity contribution in [2.45, 2.75) is 38.3 Å². The Morgan fingerprint density at radius 3 is 3.05 bits per heavy atom. The molecule has 2 N–H and O–H groups in total. The number of benzene rings is 1. The van der Waals surface area contributed by atoms with Crippen molar-refractivity contribution < 1.29 is 0 Å². The quantitative estimate of drug-likeness (QED) is 0.875. The van der Waals surface area contributed by atoms with Crippen molar-refractivity contribution in [1.29, 1.82) is 0 Å². The second kappa shape index (κ2) is 5.85. The fourth-order valence-electron chi connectivity index (χ4n) is 3.13. The molecule has 1 saturated heterocycles. The summed E-state index contributed by atoms with van der Waals surface area (Å²) in [5.74, 6) is 0. The summed E-state index contributed by atoms with van der Waals surface area (Å²) in [5.41, 5.74) is 7.09. The first-order valence-electron chi connectivity index (χ1n) is 7.60. The van der Waals surface area contributed by atoms with Crippen molar-refractivity contribution in [2.75, 3.05) is 19.3 Å². The zero-order valence-electron chi connectivity index (χ0n) is 12.5. The number of fused-ring (bicyclic) bond motifs is 1. The van der Waals surface area contributed by atoms with Crippen LogP contribution in [0.15, 0.2) is 29.3 Å². The minimum absolute atomic E-state index is 0.00534. The molecule has 1 atom stereocenters. The number of aromatic nitrogens is 2. The average molecular weight is 286 g/mol. The van der Waals surface area contributed by atoms with Crippen LogP contribution in [0.25, 0.3) is 10.9 Å². The van der Waals surface area contributed by atoms with Crippen LogP contribution >= 0.6 is 0 Å². The van der Waals surface area contributed by atoms with E-state index >= 15 is 0 Å². The third-order valence-corrected chi connectivity index (χ3v) is 4.47. The van der Waals surface area contributed by atoms with Gasteiger partial charge in [-0.05, 0) is 51.1 Å². The number of rotatable bonds is 3. The number of nitrogens with two attached hydrogens (primary N) is 1. The van der Waals surface area contributed by atoms with Gasteiger partial charge >= 0.3 is 0 Å². The lowest BCUT2D eigenvalue weighted by molar-refractivity contribution is 0.170. The minimum atomic E-state index is 0.00534. The van der Waals surface area contributed by atoms with Crippen molar-refractivity contribution in [3.05, 3.63) is 34.9 Å². The van der Waals surface area contributed by atoms with Gasteiger partial charge in [0.1, 0.15) is 0 Å². The molecule has 0 radical (unpaired) electrons. The van der Waals surface area contributed by atoms with Crippen LogP contribution in [0.5, 0.6) is 0 Å². The normalized spacial score (nSPS) is 20.0. The number of nitrogen functional groups attached to an aromatic ring is 1. The van der Waals surface area contributed by atoms with E-state index in [4.69, 9.17) is 5.73 Å². The van der Waals surface area contributed by atoms with E-state index in [1.807, 2.05) is 0 Å². The predicted molar refractivity (Wildman–Crippen MR) is 85.3 cm³/mol. The number of aryl methyl sites for hydroxylation is 1. The lowest BCUT2D eigenvalue weighted by Crippen LogP contribution is -2.37. The van der Waals surface area contributed by atoms with E-state index in [9.17, 15) is 4.79 Å². The second-order valence-corrected chi connectivity index (χ2v) is 5.94.